The van der Waals surface area contributed by atoms with Gasteiger partial charge in [-0.05, 0) is 58.6 Å². The van der Waals surface area contributed by atoms with Crippen LogP contribution in [0.4, 0.5) is 10.5 Å². The van der Waals surface area contributed by atoms with Gasteiger partial charge in [0.15, 0.2) is 0 Å². The highest BCUT2D eigenvalue weighted by atomic mass is 35.5. The van der Waals surface area contributed by atoms with E-state index in [0.717, 1.165) is 19.3 Å². The van der Waals surface area contributed by atoms with Crippen molar-refractivity contribution in [3.05, 3.63) is 28.8 Å². The van der Waals surface area contributed by atoms with Gasteiger partial charge < -0.3 is 20.5 Å². The number of rotatable bonds is 2. The second-order valence-electron chi connectivity index (χ2n) is 9.70. The molecule has 2 bridgehead atoms. The van der Waals surface area contributed by atoms with Crippen LogP contribution >= 0.6 is 11.6 Å². The summed E-state index contributed by atoms with van der Waals surface area (Å²) >= 11 is 6.48. The summed E-state index contributed by atoms with van der Waals surface area (Å²) in [6.07, 6.45) is 2.06. The fourth-order valence-corrected chi connectivity index (χ4v) is 5.01. The first-order chi connectivity index (χ1) is 14.5. The molecule has 3 unspecified atom stereocenters. The van der Waals surface area contributed by atoms with Crippen molar-refractivity contribution in [3.63, 3.8) is 0 Å². The molecular weight excluding hydrogens is 420 g/mol. The van der Waals surface area contributed by atoms with Crippen molar-refractivity contribution in [3.8, 4) is 0 Å². The molecule has 0 aliphatic carbocycles. The van der Waals surface area contributed by atoms with Crippen LogP contribution in [0.15, 0.2) is 23.2 Å². The predicted molar refractivity (Wildman–Crippen MR) is 118 cm³/mol. The second-order valence-corrected chi connectivity index (χ2v) is 10.1. The van der Waals surface area contributed by atoms with Crippen molar-refractivity contribution in [2.45, 2.75) is 82.8 Å². The van der Waals surface area contributed by atoms with Gasteiger partial charge in [0.25, 0.3) is 0 Å². The average molecular weight is 449 g/mol. The lowest BCUT2D eigenvalue weighted by atomic mass is 9.85. The minimum atomic E-state index is -0.890. The van der Waals surface area contributed by atoms with Crippen molar-refractivity contribution in [1.82, 2.24) is 10.2 Å². The third-order valence-electron chi connectivity index (χ3n) is 6.01. The lowest BCUT2D eigenvalue weighted by molar-refractivity contribution is -0.133. The summed E-state index contributed by atoms with van der Waals surface area (Å²) in [6, 6.07) is 5.14. The van der Waals surface area contributed by atoms with E-state index in [-0.39, 0.29) is 36.5 Å². The molecule has 4 atom stereocenters. The summed E-state index contributed by atoms with van der Waals surface area (Å²) in [6.45, 7) is 7.15. The highest BCUT2D eigenvalue weighted by molar-refractivity contribution is 6.34. The maximum atomic E-state index is 13.4. The van der Waals surface area contributed by atoms with E-state index in [0.29, 0.717) is 16.3 Å². The van der Waals surface area contributed by atoms with E-state index < -0.39 is 17.2 Å². The smallest absolute Gasteiger partial charge is 0.437 e. The Morgan fingerprint density at radius 3 is 2.74 bits per heavy atom. The first kappa shape index (κ1) is 21.9. The zero-order valence-corrected chi connectivity index (χ0v) is 19.0. The van der Waals surface area contributed by atoms with Crippen LogP contribution in [-0.2, 0) is 19.8 Å². The van der Waals surface area contributed by atoms with E-state index in [4.69, 9.17) is 26.8 Å². The number of benzene rings is 1. The molecule has 3 saturated heterocycles. The number of anilines is 1. The number of nitrogen functional groups attached to an aromatic ring is 1. The average Bonchev–Trinajstić information content (AvgIpc) is 3.25. The Morgan fingerprint density at radius 2 is 2.13 bits per heavy atom. The number of nitrogens with one attached hydrogen (secondary N) is 1. The molecule has 0 aromatic heterocycles. The van der Waals surface area contributed by atoms with E-state index in [1.165, 1.54) is 0 Å². The predicted octanol–water partition coefficient (Wildman–Crippen LogP) is 3.57. The topological polar surface area (TPSA) is 106 Å². The molecule has 31 heavy (non-hydrogen) atoms. The number of carbonyl (C=O) groups is 2. The molecule has 3 heterocycles. The van der Waals surface area contributed by atoms with Crippen molar-refractivity contribution in [2.75, 3.05) is 5.73 Å². The molecule has 3 aliphatic heterocycles. The molecular formula is C22H29ClN4O4. The molecule has 8 nitrogen and oxygen atoms in total. The minimum Gasteiger partial charge on any atom is -0.442 e. The largest absolute Gasteiger partial charge is 0.442 e. The van der Waals surface area contributed by atoms with Gasteiger partial charge in [-0.3, -0.25) is 9.69 Å². The molecule has 3 aliphatic rings. The van der Waals surface area contributed by atoms with Gasteiger partial charge in [0.1, 0.15) is 5.60 Å². The SMILES string of the molecule is CC(C)(C)OC(=O)/N=C1\N[C@](C)(c2cccc(N)c2Cl)CC(=O)N1C1CC2CCC1O2. The monoisotopic (exact) mass is 448 g/mol. The van der Waals surface area contributed by atoms with E-state index in [2.05, 4.69) is 10.3 Å². The van der Waals surface area contributed by atoms with Crippen LogP contribution in [0.5, 0.6) is 0 Å². The Morgan fingerprint density at radius 1 is 1.39 bits per heavy atom. The van der Waals surface area contributed by atoms with Crippen LogP contribution in [0.3, 0.4) is 0 Å². The number of hydrogen-bond acceptors (Lipinski definition) is 5. The summed E-state index contributed by atoms with van der Waals surface area (Å²) in [4.78, 5) is 31.8. The van der Waals surface area contributed by atoms with Gasteiger partial charge in [0.2, 0.25) is 11.9 Å². The third-order valence-corrected chi connectivity index (χ3v) is 6.43. The Bertz CT molecular complexity index is 944. The first-order valence-electron chi connectivity index (χ1n) is 10.6. The maximum absolute atomic E-state index is 13.4. The zero-order chi connectivity index (χ0) is 22.6. The molecule has 0 saturated carbocycles. The number of nitrogens with zero attached hydrogens (tertiary/aromatic N) is 2. The molecule has 3 fully saturated rings. The minimum absolute atomic E-state index is 0.0556. The van der Waals surface area contributed by atoms with Gasteiger partial charge in [0, 0.05) is 0 Å². The number of guanidine groups is 1. The first-order valence-corrected chi connectivity index (χ1v) is 11.0. The lowest BCUT2D eigenvalue weighted by Crippen LogP contribution is -2.64. The standard InChI is InChI=1S/C22H29ClN4O4/c1-21(2,3)31-20(29)25-19-26-22(4,13-6-5-7-14(24)18(13)23)11-17(28)27(19)15-10-12-8-9-16(15)30-12/h5-7,12,15-16H,8-11,24H2,1-4H3,(H,25,26,29)/t12?,15?,16?,22-/m0/s1. The van der Waals surface area contributed by atoms with Gasteiger partial charge >= 0.3 is 6.09 Å². The van der Waals surface area contributed by atoms with Crippen LogP contribution < -0.4 is 11.1 Å². The Labute approximate surface area is 187 Å². The van der Waals surface area contributed by atoms with E-state index in [1.807, 2.05) is 13.0 Å². The van der Waals surface area contributed by atoms with Crippen molar-refractivity contribution in [2.24, 2.45) is 4.99 Å². The number of nitrogens with two attached hydrogens (primary N) is 1. The number of carbonyl (C=O) groups excluding carboxylic acids is 2. The Hall–Kier alpha value is -2.32. The molecule has 1 aromatic rings. The third kappa shape index (κ3) is 4.23. The highest BCUT2D eigenvalue weighted by Crippen LogP contribution is 2.41. The molecule has 4 rings (SSSR count). The Kier molecular flexibility index (Phi) is 5.42. The fraction of sp³-hybridized carbons (Fsp3) is 0.591. The number of hydrogen-bond donors (Lipinski definition) is 2. The summed E-state index contributed by atoms with van der Waals surface area (Å²) in [5, 5.41) is 3.68. The highest BCUT2D eigenvalue weighted by Gasteiger charge is 2.51. The van der Waals surface area contributed by atoms with Gasteiger partial charge in [-0.25, -0.2) is 4.79 Å². The van der Waals surface area contributed by atoms with Crippen LogP contribution in [0.1, 0.15) is 58.9 Å². The van der Waals surface area contributed by atoms with Gasteiger partial charge in [-0.15, -0.1) is 4.99 Å². The van der Waals surface area contributed by atoms with E-state index in [1.54, 1.807) is 37.8 Å². The van der Waals surface area contributed by atoms with Gasteiger partial charge in [-0.1, -0.05) is 23.7 Å². The lowest BCUT2D eigenvalue weighted by Gasteiger charge is -2.44. The summed E-state index contributed by atoms with van der Waals surface area (Å²) < 4.78 is 11.3. The fourth-order valence-electron chi connectivity index (χ4n) is 4.67. The number of ether oxygens (including phenoxy) is 2. The van der Waals surface area contributed by atoms with Crippen LogP contribution in [0.2, 0.25) is 5.02 Å². The van der Waals surface area contributed by atoms with Crippen molar-refractivity contribution in [1.29, 1.82) is 0 Å². The summed E-state index contributed by atoms with van der Waals surface area (Å²) in [5.74, 6) is 0.0100. The van der Waals surface area contributed by atoms with Crippen molar-refractivity contribution < 1.29 is 19.1 Å². The normalized spacial score (nSPS) is 31.8. The van der Waals surface area contributed by atoms with Crippen LogP contribution in [0.25, 0.3) is 0 Å². The molecule has 2 amide bonds. The molecule has 0 radical (unpaired) electrons. The number of halogens is 1. The second kappa shape index (κ2) is 7.67. The van der Waals surface area contributed by atoms with E-state index >= 15 is 0 Å². The van der Waals surface area contributed by atoms with Gasteiger partial charge in [-0.2, -0.15) is 0 Å². The van der Waals surface area contributed by atoms with Crippen molar-refractivity contribution >= 4 is 35.2 Å². The Balaban J connectivity index is 1.71. The quantitative estimate of drug-likeness (QED) is 0.670. The van der Waals surface area contributed by atoms with Gasteiger partial charge in [0.05, 0.1) is 40.9 Å². The summed E-state index contributed by atoms with van der Waals surface area (Å²) in [7, 11) is 0. The molecule has 3 N–H and O–H groups in total. The molecule has 9 heteroatoms. The number of amides is 2. The van der Waals surface area contributed by atoms with E-state index in [9.17, 15) is 9.59 Å². The number of fused-ring (bicyclic) bond motifs is 2. The molecule has 0 spiro atoms. The molecule has 168 valence electrons. The maximum Gasteiger partial charge on any atom is 0.437 e. The molecule has 1 aromatic carbocycles. The van der Waals surface area contributed by atoms with Crippen LogP contribution in [-0.4, -0.2) is 46.7 Å². The number of aliphatic imine (C=N–C) groups is 1. The van der Waals surface area contributed by atoms with Crippen LogP contribution in [0, 0.1) is 0 Å². The zero-order valence-electron chi connectivity index (χ0n) is 18.3. The summed E-state index contributed by atoms with van der Waals surface area (Å²) in [5.41, 5.74) is 5.49.